The van der Waals surface area contributed by atoms with Crippen LogP contribution in [0.15, 0.2) is 28.9 Å². The Morgan fingerprint density at radius 1 is 1.46 bits per heavy atom. The SMILES string of the molecule is CCN(C(N)=O)c1nc2c(F)c(Br)cc(-c3ncccc3F)c2s1. The number of amides is 2. The summed E-state index contributed by atoms with van der Waals surface area (Å²) in [5, 5.41) is 0.245. The molecule has 5 nitrogen and oxygen atoms in total. The number of hydrogen-bond donors (Lipinski definition) is 1. The third-order valence-electron chi connectivity index (χ3n) is 3.38. The second-order valence-electron chi connectivity index (χ2n) is 4.81. The van der Waals surface area contributed by atoms with Gasteiger partial charge in [0.1, 0.15) is 17.0 Å². The number of fused-ring (bicyclic) bond motifs is 1. The highest BCUT2D eigenvalue weighted by Gasteiger charge is 2.22. The van der Waals surface area contributed by atoms with Crippen LogP contribution in [0.5, 0.6) is 0 Å². The molecule has 3 rings (SSSR count). The number of urea groups is 1. The fraction of sp³-hybridized carbons (Fsp3) is 0.133. The lowest BCUT2D eigenvalue weighted by atomic mass is 10.1. The van der Waals surface area contributed by atoms with Crippen LogP contribution in [0.2, 0.25) is 0 Å². The molecule has 9 heteroatoms. The molecule has 0 saturated heterocycles. The largest absolute Gasteiger partial charge is 0.351 e. The normalized spacial score (nSPS) is 11.0. The van der Waals surface area contributed by atoms with Gasteiger partial charge >= 0.3 is 6.03 Å². The molecule has 124 valence electrons. The number of pyridine rings is 1. The van der Waals surface area contributed by atoms with E-state index >= 15 is 0 Å². The maximum Gasteiger partial charge on any atom is 0.321 e. The van der Waals surface area contributed by atoms with E-state index in [0.29, 0.717) is 10.3 Å². The molecule has 0 atom stereocenters. The Kier molecular flexibility index (Phi) is 4.46. The summed E-state index contributed by atoms with van der Waals surface area (Å²) in [7, 11) is 0. The van der Waals surface area contributed by atoms with Gasteiger partial charge in [0.2, 0.25) is 0 Å². The van der Waals surface area contributed by atoms with Crippen molar-refractivity contribution in [1.29, 1.82) is 0 Å². The molecule has 0 bridgehead atoms. The molecule has 2 amide bonds. The molecule has 2 N–H and O–H groups in total. The summed E-state index contributed by atoms with van der Waals surface area (Å²) in [6.45, 7) is 2.01. The van der Waals surface area contributed by atoms with Crippen molar-refractivity contribution in [2.45, 2.75) is 6.92 Å². The zero-order valence-corrected chi connectivity index (χ0v) is 14.8. The van der Waals surface area contributed by atoms with Crippen molar-refractivity contribution in [2.24, 2.45) is 5.73 Å². The number of carbonyl (C=O) groups excluding carboxylic acids is 1. The van der Waals surface area contributed by atoms with Gasteiger partial charge in [-0.05, 0) is 41.1 Å². The number of aromatic nitrogens is 2. The first-order valence-corrected chi connectivity index (χ1v) is 8.51. The van der Waals surface area contributed by atoms with Gasteiger partial charge in [0.25, 0.3) is 0 Å². The van der Waals surface area contributed by atoms with Gasteiger partial charge in [0.05, 0.1) is 9.17 Å². The number of benzene rings is 1. The number of hydrogen-bond acceptors (Lipinski definition) is 4. The van der Waals surface area contributed by atoms with E-state index in [1.165, 1.54) is 29.3 Å². The molecule has 0 aliphatic rings. The summed E-state index contributed by atoms with van der Waals surface area (Å²) in [5.74, 6) is -1.12. The van der Waals surface area contributed by atoms with Crippen LogP contribution in [0.25, 0.3) is 21.5 Å². The number of anilines is 1. The molecular weight excluding hydrogens is 402 g/mol. The second kappa shape index (κ2) is 6.40. The third kappa shape index (κ3) is 2.73. The fourth-order valence-electron chi connectivity index (χ4n) is 2.27. The highest BCUT2D eigenvalue weighted by atomic mass is 79.9. The molecule has 2 aromatic heterocycles. The molecule has 0 unspecified atom stereocenters. The van der Waals surface area contributed by atoms with Crippen LogP contribution in [0, 0.1) is 11.6 Å². The van der Waals surface area contributed by atoms with E-state index in [4.69, 9.17) is 5.73 Å². The fourth-order valence-corrected chi connectivity index (χ4v) is 3.83. The molecule has 0 saturated carbocycles. The minimum atomic E-state index is -0.693. The number of thiazole rings is 1. The number of nitrogens with two attached hydrogens (primary N) is 1. The van der Waals surface area contributed by atoms with Gasteiger partial charge < -0.3 is 5.73 Å². The molecule has 0 radical (unpaired) electrons. The summed E-state index contributed by atoms with van der Waals surface area (Å²) < 4.78 is 29.1. The summed E-state index contributed by atoms with van der Waals surface area (Å²) in [6, 6.07) is 3.50. The molecule has 24 heavy (non-hydrogen) atoms. The van der Waals surface area contributed by atoms with Crippen LogP contribution in [0.3, 0.4) is 0 Å². The number of nitrogens with zero attached hydrogens (tertiary/aromatic N) is 3. The average molecular weight is 413 g/mol. The highest BCUT2D eigenvalue weighted by Crippen LogP contribution is 2.40. The van der Waals surface area contributed by atoms with E-state index in [-0.39, 0.29) is 27.4 Å². The van der Waals surface area contributed by atoms with Crippen LogP contribution in [0.4, 0.5) is 18.7 Å². The van der Waals surface area contributed by atoms with Crippen LogP contribution >= 0.6 is 27.3 Å². The molecule has 0 aliphatic carbocycles. The quantitative estimate of drug-likeness (QED) is 0.696. The second-order valence-corrected chi connectivity index (χ2v) is 6.64. The van der Waals surface area contributed by atoms with E-state index in [0.717, 1.165) is 11.3 Å². The first kappa shape index (κ1) is 16.7. The third-order valence-corrected chi connectivity index (χ3v) is 5.06. The van der Waals surface area contributed by atoms with Gasteiger partial charge in [0.15, 0.2) is 10.9 Å². The molecule has 0 aliphatic heterocycles. The summed E-state index contributed by atoms with van der Waals surface area (Å²) in [5.41, 5.74) is 5.83. The Hall–Kier alpha value is -2.13. The van der Waals surface area contributed by atoms with Gasteiger partial charge in [0, 0.05) is 18.3 Å². The summed E-state index contributed by atoms with van der Waals surface area (Å²) >= 11 is 4.17. The van der Waals surface area contributed by atoms with Gasteiger partial charge in [-0.15, -0.1) is 0 Å². The lowest BCUT2D eigenvalue weighted by Gasteiger charge is -2.13. The number of primary amides is 1. The lowest BCUT2D eigenvalue weighted by Crippen LogP contribution is -2.35. The molecule has 0 fully saturated rings. The minimum absolute atomic E-state index is 0.0316. The van der Waals surface area contributed by atoms with Crippen molar-refractivity contribution in [3.63, 3.8) is 0 Å². The average Bonchev–Trinajstić information content (AvgIpc) is 2.97. The summed E-state index contributed by atoms with van der Waals surface area (Å²) in [4.78, 5) is 20.9. The molecule has 1 aromatic carbocycles. The van der Waals surface area contributed by atoms with Gasteiger partial charge in [-0.1, -0.05) is 11.3 Å². The monoisotopic (exact) mass is 412 g/mol. The smallest absolute Gasteiger partial charge is 0.321 e. The maximum atomic E-state index is 14.4. The standard InChI is InChI=1S/C15H11BrF2N4OS/c1-2-22(14(19)23)15-21-12-10(18)8(16)6-7(13(12)24-15)11-9(17)4-3-5-20-11/h3-6H,2H2,1H3,(H2,19,23). The van der Waals surface area contributed by atoms with Crippen LogP contribution in [-0.4, -0.2) is 22.5 Å². The first-order chi connectivity index (χ1) is 11.4. The summed E-state index contributed by atoms with van der Waals surface area (Å²) in [6.07, 6.45) is 1.45. The van der Waals surface area contributed by atoms with E-state index in [9.17, 15) is 13.6 Å². The van der Waals surface area contributed by atoms with E-state index in [1.54, 1.807) is 6.92 Å². The van der Waals surface area contributed by atoms with Crippen molar-refractivity contribution in [2.75, 3.05) is 11.4 Å². The van der Waals surface area contributed by atoms with Gasteiger partial charge in [-0.2, -0.15) is 0 Å². The lowest BCUT2D eigenvalue weighted by molar-refractivity contribution is 0.254. The van der Waals surface area contributed by atoms with Crippen LogP contribution < -0.4 is 10.6 Å². The molecular formula is C15H11BrF2N4OS. The minimum Gasteiger partial charge on any atom is -0.351 e. The van der Waals surface area contributed by atoms with Gasteiger partial charge in [-0.3, -0.25) is 9.88 Å². The van der Waals surface area contributed by atoms with Crippen LogP contribution in [0.1, 0.15) is 6.92 Å². The van der Waals surface area contributed by atoms with Gasteiger partial charge in [-0.25, -0.2) is 18.6 Å². The number of carbonyl (C=O) groups is 1. The van der Waals surface area contributed by atoms with E-state index in [2.05, 4.69) is 25.9 Å². The topological polar surface area (TPSA) is 72.1 Å². The van der Waals surface area contributed by atoms with Crippen molar-refractivity contribution in [3.8, 4) is 11.3 Å². The molecule has 2 heterocycles. The predicted molar refractivity (Wildman–Crippen MR) is 93.1 cm³/mol. The zero-order valence-electron chi connectivity index (χ0n) is 12.4. The van der Waals surface area contributed by atoms with Crippen molar-refractivity contribution in [1.82, 2.24) is 9.97 Å². The first-order valence-electron chi connectivity index (χ1n) is 6.90. The van der Waals surface area contributed by atoms with Crippen molar-refractivity contribution in [3.05, 3.63) is 40.5 Å². The molecule has 3 aromatic rings. The van der Waals surface area contributed by atoms with E-state index in [1.807, 2.05) is 0 Å². The molecule has 0 spiro atoms. The Balaban J connectivity index is 2.32. The van der Waals surface area contributed by atoms with Crippen molar-refractivity contribution < 1.29 is 13.6 Å². The number of halogens is 3. The highest BCUT2D eigenvalue weighted by molar-refractivity contribution is 9.10. The Labute approximate surface area is 148 Å². The zero-order chi connectivity index (χ0) is 17.4. The maximum absolute atomic E-state index is 14.4. The van der Waals surface area contributed by atoms with Crippen molar-refractivity contribution >= 4 is 48.6 Å². The van der Waals surface area contributed by atoms with E-state index < -0.39 is 17.7 Å². The Morgan fingerprint density at radius 3 is 2.83 bits per heavy atom. The number of rotatable bonds is 3. The predicted octanol–water partition coefficient (Wildman–Crippen LogP) is 4.30. The van der Waals surface area contributed by atoms with Crippen LogP contribution in [-0.2, 0) is 0 Å². The Morgan fingerprint density at radius 2 is 2.21 bits per heavy atom. The Bertz CT molecular complexity index is 947.